The number of amides is 2. The molecule has 11 heteroatoms. The Labute approximate surface area is 219 Å². The number of pyridine rings is 1. The third-order valence-electron chi connectivity index (χ3n) is 6.29. The van der Waals surface area contributed by atoms with Crippen molar-refractivity contribution < 1.29 is 19.1 Å². The lowest BCUT2D eigenvalue weighted by Gasteiger charge is -2.37. The number of nitrogens with zero attached hydrogens (tertiary/aromatic N) is 4. The number of para-hydroxylation sites is 1. The van der Waals surface area contributed by atoms with E-state index in [1.807, 2.05) is 31.2 Å². The van der Waals surface area contributed by atoms with Crippen molar-refractivity contribution in [2.75, 3.05) is 57.9 Å². The summed E-state index contributed by atoms with van der Waals surface area (Å²) in [5.74, 6) is -0.226. The fourth-order valence-electron chi connectivity index (χ4n) is 4.53. The molecule has 2 saturated heterocycles. The van der Waals surface area contributed by atoms with Crippen LogP contribution in [0.5, 0.6) is 0 Å². The third kappa shape index (κ3) is 5.00. The van der Waals surface area contributed by atoms with E-state index < -0.39 is 0 Å². The van der Waals surface area contributed by atoms with E-state index in [-0.39, 0.29) is 17.6 Å². The molecule has 0 aliphatic carbocycles. The smallest absolute Gasteiger partial charge is 0.409 e. The maximum absolute atomic E-state index is 13.8. The summed E-state index contributed by atoms with van der Waals surface area (Å²) in [7, 11) is 1.57. The van der Waals surface area contributed by atoms with Gasteiger partial charge in [-0.05, 0) is 26.0 Å². The van der Waals surface area contributed by atoms with Gasteiger partial charge in [0.1, 0.15) is 4.32 Å². The van der Waals surface area contributed by atoms with Gasteiger partial charge in [-0.25, -0.2) is 4.79 Å². The molecule has 0 spiro atoms. The lowest BCUT2D eigenvalue weighted by atomic mass is 10.0. The Balaban J connectivity index is 1.80. The number of hydrogen-bond acceptors (Lipinski definition) is 8. The number of ether oxygens (including phenoxy) is 2. The van der Waals surface area contributed by atoms with Crippen molar-refractivity contribution in [1.29, 1.82) is 0 Å². The first-order valence-corrected chi connectivity index (χ1v) is 13.2. The van der Waals surface area contributed by atoms with Gasteiger partial charge in [-0.2, -0.15) is 0 Å². The van der Waals surface area contributed by atoms with Crippen LogP contribution in [0, 0.1) is 0 Å². The van der Waals surface area contributed by atoms with Gasteiger partial charge in [-0.3, -0.25) is 14.5 Å². The number of fused-ring (bicyclic) bond motifs is 1. The van der Waals surface area contributed by atoms with Gasteiger partial charge >= 0.3 is 6.09 Å². The number of thioether (sulfide) groups is 1. The zero-order valence-corrected chi connectivity index (χ0v) is 22.3. The largest absolute Gasteiger partial charge is 0.450 e. The lowest BCUT2D eigenvalue weighted by molar-refractivity contribution is -0.122. The van der Waals surface area contributed by atoms with Crippen LogP contribution in [0.4, 0.5) is 10.5 Å². The maximum atomic E-state index is 13.8. The average Bonchev–Trinajstić information content (AvgIpc) is 3.15. The molecule has 0 atom stereocenters. The molecule has 1 aromatic heterocycles. The van der Waals surface area contributed by atoms with Crippen LogP contribution >= 0.6 is 24.0 Å². The first kappa shape index (κ1) is 26.2. The molecule has 2 aliphatic rings. The predicted octanol–water partition coefficient (Wildman–Crippen LogP) is 3.15. The van der Waals surface area contributed by atoms with Crippen molar-refractivity contribution in [2.45, 2.75) is 20.4 Å². The monoisotopic (exact) mass is 530 g/mol. The molecule has 2 fully saturated rings. The van der Waals surface area contributed by atoms with Gasteiger partial charge in [0, 0.05) is 45.2 Å². The van der Waals surface area contributed by atoms with E-state index in [1.165, 1.54) is 16.7 Å². The van der Waals surface area contributed by atoms with Gasteiger partial charge in [-0.15, -0.1) is 0 Å². The van der Waals surface area contributed by atoms with E-state index in [2.05, 4.69) is 4.90 Å². The standard InChI is InChI=1S/C25H30N4O5S2/c1-4-28-19-9-7-6-8-17(19)21(26-10-12-27(13-11-26)24(32)34-5-2)18(22(28)30)16-20-23(31)29(14-15-33-3)25(35)36-20/h6-9,16H,4-5,10-15H2,1-3H3. The molecule has 0 bridgehead atoms. The highest BCUT2D eigenvalue weighted by molar-refractivity contribution is 8.26. The highest BCUT2D eigenvalue weighted by atomic mass is 32.2. The minimum Gasteiger partial charge on any atom is -0.450 e. The summed E-state index contributed by atoms with van der Waals surface area (Å²) in [5, 5.41) is 0.921. The first-order valence-electron chi connectivity index (χ1n) is 12.0. The second kappa shape index (κ2) is 11.4. The predicted molar refractivity (Wildman–Crippen MR) is 146 cm³/mol. The normalized spacial score (nSPS) is 17.5. The molecule has 0 unspecified atom stereocenters. The van der Waals surface area contributed by atoms with Crippen molar-refractivity contribution in [2.24, 2.45) is 0 Å². The first-order chi connectivity index (χ1) is 17.4. The summed E-state index contributed by atoms with van der Waals surface area (Å²) in [4.78, 5) is 44.9. The number of benzene rings is 1. The summed E-state index contributed by atoms with van der Waals surface area (Å²) in [5.41, 5.74) is 1.89. The molecular formula is C25H30N4O5S2. The molecule has 3 heterocycles. The van der Waals surface area contributed by atoms with E-state index in [9.17, 15) is 14.4 Å². The van der Waals surface area contributed by atoms with Crippen LogP contribution in [-0.4, -0.2) is 83.7 Å². The summed E-state index contributed by atoms with van der Waals surface area (Å²) in [6.07, 6.45) is 1.35. The van der Waals surface area contributed by atoms with Crippen molar-refractivity contribution in [3.8, 4) is 0 Å². The summed E-state index contributed by atoms with van der Waals surface area (Å²) < 4.78 is 12.4. The Morgan fingerprint density at radius 3 is 2.53 bits per heavy atom. The number of carbonyl (C=O) groups excluding carboxylic acids is 2. The molecule has 2 aromatic rings. The Hall–Kier alpha value is -2.89. The number of piperazine rings is 1. The summed E-state index contributed by atoms with van der Waals surface area (Å²) >= 11 is 6.63. The molecule has 4 rings (SSSR count). The van der Waals surface area contributed by atoms with Gasteiger partial charge in [0.25, 0.3) is 11.5 Å². The Bertz CT molecular complexity index is 1270. The fourth-order valence-corrected chi connectivity index (χ4v) is 5.82. The van der Waals surface area contributed by atoms with E-state index >= 15 is 0 Å². The number of anilines is 1. The van der Waals surface area contributed by atoms with Crippen LogP contribution in [0.1, 0.15) is 19.4 Å². The molecule has 1 aromatic carbocycles. The Morgan fingerprint density at radius 1 is 1.14 bits per heavy atom. The van der Waals surface area contributed by atoms with Crippen LogP contribution in [0.2, 0.25) is 0 Å². The van der Waals surface area contributed by atoms with E-state index in [0.29, 0.717) is 67.3 Å². The lowest BCUT2D eigenvalue weighted by Crippen LogP contribution is -2.49. The number of carbonyl (C=O) groups is 2. The minimum absolute atomic E-state index is 0.166. The second-order valence-electron chi connectivity index (χ2n) is 8.33. The number of rotatable bonds is 7. The van der Waals surface area contributed by atoms with E-state index in [4.69, 9.17) is 21.7 Å². The SMILES string of the molecule is CCOC(=O)N1CCN(c2c(C=C3SC(=S)N(CCOC)C3=O)c(=O)n(CC)c3ccccc23)CC1. The molecule has 2 aliphatic heterocycles. The summed E-state index contributed by atoms with van der Waals surface area (Å²) in [6, 6.07) is 7.79. The molecule has 0 saturated carbocycles. The van der Waals surface area contributed by atoms with Crippen molar-refractivity contribution >= 4 is 63.0 Å². The molecule has 9 nitrogen and oxygen atoms in total. The summed E-state index contributed by atoms with van der Waals surface area (Å²) in [6.45, 7) is 7.28. The number of thiocarbonyl (C=S) groups is 1. The van der Waals surface area contributed by atoms with Gasteiger partial charge < -0.3 is 23.8 Å². The number of methoxy groups -OCH3 is 1. The van der Waals surface area contributed by atoms with Crippen LogP contribution in [0.25, 0.3) is 17.0 Å². The highest BCUT2D eigenvalue weighted by Crippen LogP contribution is 2.36. The Kier molecular flexibility index (Phi) is 8.32. The van der Waals surface area contributed by atoms with E-state index in [0.717, 1.165) is 16.6 Å². The van der Waals surface area contributed by atoms with Gasteiger partial charge in [0.2, 0.25) is 0 Å². The van der Waals surface area contributed by atoms with Gasteiger partial charge in [0.05, 0.1) is 41.4 Å². The molecular weight excluding hydrogens is 500 g/mol. The quantitative estimate of drug-likeness (QED) is 0.399. The topological polar surface area (TPSA) is 84.3 Å². The molecule has 0 radical (unpaired) electrons. The van der Waals surface area contributed by atoms with Crippen molar-refractivity contribution in [3.63, 3.8) is 0 Å². The van der Waals surface area contributed by atoms with Gasteiger partial charge in [-0.1, -0.05) is 42.2 Å². The molecule has 36 heavy (non-hydrogen) atoms. The molecule has 192 valence electrons. The van der Waals surface area contributed by atoms with Crippen LogP contribution in [-0.2, 0) is 20.8 Å². The van der Waals surface area contributed by atoms with Crippen molar-refractivity contribution in [3.05, 3.63) is 45.1 Å². The zero-order chi connectivity index (χ0) is 25.8. The average molecular weight is 531 g/mol. The van der Waals surface area contributed by atoms with Gasteiger partial charge in [0.15, 0.2) is 0 Å². The third-order valence-corrected chi connectivity index (χ3v) is 7.66. The minimum atomic E-state index is -0.330. The number of aryl methyl sites for hydroxylation is 1. The van der Waals surface area contributed by atoms with E-state index in [1.54, 1.807) is 29.6 Å². The van der Waals surface area contributed by atoms with Crippen LogP contribution in [0.15, 0.2) is 34.0 Å². The molecule has 0 N–H and O–H groups in total. The fraction of sp³-hybridized carbons (Fsp3) is 0.440. The highest BCUT2D eigenvalue weighted by Gasteiger charge is 2.33. The number of aromatic nitrogens is 1. The second-order valence-corrected chi connectivity index (χ2v) is 10.0. The molecule has 2 amide bonds. The number of hydrogen-bond donors (Lipinski definition) is 0. The maximum Gasteiger partial charge on any atom is 0.409 e. The Morgan fingerprint density at radius 2 is 1.86 bits per heavy atom. The van der Waals surface area contributed by atoms with Crippen LogP contribution in [0.3, 0.4) is 0 Å². The zero-order valence-electron chi connectivity index (χ0n) is 20.7. The van der Waals surface area contributed by atoms with Crippen molar-refractivity contribution in [1.82, 2.24) is 14.4 Å². The van der Waals surface area contributed by atoms with Crippen LogP contribution < -0.4 is 10.5 Å².